The molecule has 0 saturated carbocycles. The third-order valence-electron chi connectivity index (χ3n) is 2.72. The van der Waals surface area contributed by atoms with Crippen LogP contribution in [0.2, 0.25) is 0 Å². The molecule has 1 aliphatic heterocycles. The number of esters is 1. The van der Waals surface area contributed by atoms with Gasteiger partial charge in [-0.2, -0.15) is 0 Å². The first-order valence-electron chi connectivity index (χ1n) is 6.03. The highest BCUT2D eigenvalue weighted by Crippen LogP contribution is 2.26. The predicted octanol–water partition coefficient (Wildman–Crippen LogP) is 2.01. The second-order valence-corrected chi connectivity index (χ2v) is 4.84. The fourth-order valence-electron chi connectivity index (χ4n) is 1.75. The molecular formula is C14H15NO5. The Balaban J connectivity index is 2.26. The lowest BCUT2D eigenvalue weighted by atomic mass is 10.1. The van der Waals surface area contributed by atoms with Gasteiger partial charge in [-0.15, -0.1) is 0 Å². The largest absolute Gasteiger partial charge is 0.480 e. The van der Waals surface area contributed by atoms with Crippen molar-refractivity contribution < 1.29 is 24.2 Å². The molecule has 0 spiro atoms. The second kappa shape index (κ2) is 4.88. The van der Waals surface area contributed by atoms with E-state index in [1.54, 1.807) is 12.1 Å². The Morgan fingerprint density at radius 3 is 2.50 bits per heavy atom. The molecule has 0 aliphatic carbocycles. The Bertz CT molecular complexity index is 603. The molecule has 1 aromatic carbocycles. The normalized spacial score (nSPS) is 17.2. The van der Waals surface area contributed by atoms with Crippen LogP contribution >= 0.6 is 0 Å². The topological polar surface area (TPSA) is 84.9 Å². The van der Waals surface area contributed by atoms with Gasteiger partial charge in [0.15, 0.2) is 0 Å². The highest BCUT2D eigenvalue weighted by atomic mass is 16.8. The average Bonchev–Trinajstić information content (AvgIpc) is 2.29. The lowest BCUT2D eigenvalue weighted by Gasteiger charge is -2.30. The quantitative estimate of drug-likeness (QED) is 0.638. The highest BCUT2D eigenvalue weighted by molar-refractivity contribution is 6.21. The van der Waals surface area contributed by atoms with Crippen LogP contribution in [0.4, 0.5) is 5.69 Å². The summed E-state index contributed by atoms with van der Waals surface area (Å²) in [5.74, 6) is -3.74. The van der Waals surface area contributed by atoms with Gasteiger partial charge < -0.3 is 19.9 Å². The third-order valence-corrected chi connectivity index (χ3v) is 2.72. The number of rotatable bonds is 2. The molecule has 0 unspecified atom stereocenters. The van der Waals surface area contributed by atoms with E-state index in [2.05, 4.69) is 5.32 Å². The van der Waals surface area contributed by atoms with Gasteiger partial charge in [-0.1, -0.05) is 18.2 Å². The number of ether oxygens (including phenoxy) is 2. The lowest BCUT2D eigenvalue weighted by molar-refractivity contribution is -0.221. The van der Waals surface area contributed by atoms with Crippen molar-refractivity contribution in [2.24, 2.45) is 0 Å². The van der Waals surface area contributed by atoms with E-state index in [4.69, 9.17) is 9.47 Å². The van der Waals surface area contributed by atoms with Crippen molar-refractivity contribution in [1.82, 2.24) is 0 Å². The summed E-state index contributed by atoms with van der Waals surface area (Å²) in [6, 6.07) is 7.06. The number of aryl methyl sites for hydroxylation is 1. The maximum Gasteiger partial charge on any atom is 0.354 e. The fourth-order valence-corrected chi connectivity index (χ4v) is 1.75. The van der Waals surface area contributed by atoms with Crippen LogP contribution < -0.4 is 5.32 Å². The smallest absolute Gasteiger partial charge is 0.354 e. The summed E-state index contributed by atoms with van der Waals surface area (Å²) in [5.41, 5.74) is 0.814. The van der Waals surface area contributed by atoms with Crippen LogP contribution in [0, 0.1) is 6.92 Å². The Morgan fingerprint density at radius 1 is 1.25 bits per heavy atom. The molecule has 1 aliphatic rings. The number of aliphatic hydroxyl groups is 1. The summed E-state index contributed by atoms with van der Waals surface area (Å²) in [4.78, 5) is 23.8. The van der Waals surface area contributed by atoms with E-state index < -0.39 is 29.2 Å². The number of nitrogens with one attached hydrogen (secondary N) is 1. The molecule has 20 heavy (non-hydrogen) atoms. The maximum atomic E-state index is 12.0. The number of anilines is 1. The molecule has 1 amide bonds. The predicted molar refractivity (Wildman–Crippen MR) is 70.7 cm³/mol. The van der Waals surface area contributed by atoms with E-state index in [0.717, 1.165) is 5.56 Å². The highest BCUT2D eigenvalue weighted by Gasteiger charge is 2.39. The van der Waals surface area contributed by atoms with E-state index in [1.165, 1.54) is 13.8 Å². The van der Waals surface area contributed by atoms with Crippen LogP contribution in [0.15, 0.2) is 35.8 Å². The standard InChI is InChI=1S/C14H15NO5/c1-8-6-4-5-7-9(8)15-11(16)10-12(17)19-14(2,3)20-13(10)18/h4-7,17H,1-3H3,(H,15,16). The van der Waals surface area contributed by atoms with Gasteiger partial charge >= 0.3 is 11.9 Å². The average molecular weight is 277 g/mol. The summed E-state index contributed by atoms with van der Waals surface area (Å²) >= 11 is 0. The molecule has 6 heteroatoms. The van der Waals surface area contributed by atoms with E-state index in [9.17, 15) is 14.7 Å². The van der Waals surface area contributed by atoms with Gasteiger partial charge in [-0.25, -0.2) is 4.79 Å². The molecule has 1 heterocycles. The number of hydrogen-bond acceptors (Lipinski definition) is 5. The number of aliphatic hydroxyl groups excluding tert-OH is 1. The van der Waals surface area contributed by atoms with Gasteiger partial charge in [0.05, 0.1) is 0 Å². The molecule has 1 aromatic rings. The molecular weight excluding hydrogens is 262 g/mol. The number of para-hydroxylation sites is 1. The summed E-state index contributed by atoms with van der Waals surface area (Å²) in [5, 5.41) is 12.2. The van der Waals surface area contributed by atoms with Gasteiger partial charge in [0.2, 0.25) is 5.57 Å². The number of carbonyl (C=O) groups is 2. The minimum atomic E-state index is -1.30. The summed E-state index contributed by atoms with van der Waals surface area (Å²) in [7, 11) is 0. The zero-order valence-electron chi connectivity index (χ0n) is 11.4. The molecule has 0 bridgehead atoms. The minimum Gasteiger partial charge on any atom is -0.480 e. The van der Waals surface area contributed by atoms with Crippen molar-refractivity contribution in [2.75, 3.05) is 5.32 Å². The first-order chi connectivity index (χ1) is 9.30. The molecule has 106 valence electrons. The minimum absolute atomic E-state index is 0.537. The van der Waals surface area contributed by atoms with Gasteiger partial charge in [-0.3, -0.25) is 4.79 Å². The summed E-state index contributed by atoms with van der Waals surface area (Å²) < 4.78 is 9.88. The SMILES string of the molecule is Cc1ccccc1NC(=O)C1=C(O)OC(C)(C)OC1=O. The molecule has 2 rings (SSSR count). The number of hydrogen-bond donors (Lipinski definition) is 2. The summed E-state index contributed by atoms with van der Waals surface area (Å²) in [6.45, 7) is 4.72. The van der Waals surface area contributed by atoms with Crippen LogP contribution in [-0.2, 0) is 19.1 Å². The van der Waals surface area contributed by atoms with Crippen LogP contribution in [0.3, 0.4) is 0 Å². The third kappa shape index (κ3) is 2.74. The Kier molecular flexibility index (Phi) is 3.40. The van der Waals surface area contributed by atoms with Gasteiger partial charge in [-0.05, 0) is 18.6 Å². The molecule has 2 N–H and O–H groups in total. The van der Waals surface area contributed by atoms with Crippen molar-refractivity contribution in [1.29, 1.82) is 0 Å². The molecule has 0 aromatic heterocycles. The molecule has 6 nitrogen and oxygen atoms in total. The number of amides is 1. The van der Waals surface area contributed by atoms with E-state index in [-0.39, 0.29) is 0 Å². The maximum absolute atomic E-state index is 12.0. The van der Waals surface area contributed by atoms with Crippen molar-refractivity contribution >= 4 is 17.6 Å². The zero-order chi connectivity index (χ0) is 14.9. The number of cyclic esters (lactones) is 1. The molecule has 0 fully saturated rings. The molecule has 0 radical (unpaired) electrons. The first-order valence-corrected chi connectivity index (χ1v) is 6.03. The van der Waals surface area contributed by atoms with Crippen molar-refractivity contribution in [3.63, 3.8) is 0 Å². The van der Waals surface area contributed by atoms with Crippen LogP contribution in [0.1, 0.15) is 19.4 Å². The van der Waals surface area contributed by atoms with Crippen molar-refractivity contribution in [3.05, 3.63) is 41.3 Å². The lowest BCUT2D eigenvalue weighted by Crippen LogP contribution is -2.40. The van der Waals surface area contributed by atoms with E-state index in [0.29, 0.717) is 5.69 Å². The summed E-state index contributed by atoms with van der Waals surface area (Å²) in [6.07, 6.45) is 0. The van der Waals surface area contributed by atoms with Gasteiger partial charge in [0, 0.05) is 19.5 Å². The van der Waals surface area contributed by atoms with E-state index >= 15 is 0 Å². The number of benzene rings is 1. The van der Waals surface area contributed by atoms with E-state index in [1.807, 2.05) is 19.1 Å². The second-order valence-electron chi connectivity index (χ2n) is 4.84. The molecule has 0 saturated heterocycles. The van der Waals surface area contributed by atoms with Crippen LogP contribution in [0.5, 0.6) is 0 Å². The van der Waals surface area contributed by atoms with Crippen LogP contribution in [0.25, 0.3) is 0 Å². The zero-order valence-corrected chi connectivity index (χ0v) is 11.4. The van der Waals surface area contributed by atoms with Gasteiger partial charge in [0.1, 0.15) is 0 Å². The van der Waals surface area contributed by atoms with Gasteiger partial charge in [0.25, 0.3) is 11.7 Å². The van der Waals surface area contributed by atoms with Crippen molar-refractivity contribution in [2.45, 2.75) is 26.6 Å². The molecule has 0 atom stereocenters. The Morgan fingerprint density at radius 2 is 1.90 bits per heavy atom. The first kappa shape index (κ1) is 13.9. The monoisotopic (exact) mass is 277 g/mol. The van der Waals surface area contributed by atoms with Crippen LogP contribution in [-0.4, -0.2) is 22.8 Å². The van der Waals surface area contributed by atoms with Crippen molar-refractivity contribution in [3.8, 4) is 0 Å². The fraction of sp³-hybridized carbons (Fsp3) is 0.286. The Hall–Kier alpha value is -2.50. The number of carbonyl (C=O) groups excluding carboxylic acids is 2. The Labute approximate surface area is 116 Å².